The first-order chi connectivity index (χ1) is 13.6. The standard InChI is InChI=1S/C21H32N4O2S2/c1-6-17-22-19(24-9-11-25(12-10-24)29(5,26)27)18-15-8-7-14(21(2,3)4)13-16(15)28-20(18)23-17/h14H,6-13H2,1-5H3/t14-/m0/s1. The van der Waals surface area contributed by atoms with Gasteiger partial charge in [0.25, 0.3) is 0 Å². The Bertz CT molecular complexity index is 1020. The molecule has 0 radical (unpaired) electrons. The first-order valence-corrected chi connectivity index (χ1v) is 13.3. The summed E-state index contributed by atoms with van der Waals surface area (Å²) in [6.45, 7) is 11.5. The number of sulfonamides is 1. The number of rotatable bonds is 3. The number of anilines is 1. The highest BCUT2D eigenvalue weighted by Crippen LogP contribution is 2.45. The molecule has 8 heteroatoms. The molecular formula is C21H32N4O2S2. The van der Waals surface area contributed by atoms with Gasteiger partial charge in [-0.25, -0.2) is 18.4 Å². The summed E-state index contributed by atoms with van der Waals surface area (Å²) in [7, 11) is -3.13. The van der Waals surface area contributed by atoms with Crippen LogP contribution in [0.4, 0.5) is 5.82 Å². The van der Waals surface area contributed by atoms with Crippen molar-refractivity contribution >= 4 is 37.4 Å². The predicted octanol–water partition coefficient (Wildman–Crippen LogP) is 3.49. The van der Waals surface area contributed by atoms with Crippen LogP contribution in [0.3, 0.4) is 0 Å². The number of thiophene rings is 1. The highest BCUT2D eigenvalue weighted by atomic mass is 32.2. The molecule has 2 aliphatic rings. The molecule has 160 valence electrons. The lowest BCUT2D eigenvalue weighted by molar-refractivity contribution is 0.218. The van der Waals surface area contributed by atoms with Crippen molar-refractivity contribution in [2.75, 3.05) is 37.3 Å². The van der Waals surface area contributed by atoms with Gasteiger partial charge in [-0.15, -0.1) is 11.3 Å². The summed E-state index contributed by atoms with van der Waals surface area (Å²) in [6, 6.07) is 0. The molecule has 6 nitrogen and oxygen atoms in total. The first kappa shape index (κ1) is 21.0. The van der Waals surface area contributed by atoms with Crippen LogP contribution in [0, 0.1) is 11.3 Å². The third kappa shape index (κ3) is 4.03. The van der Waals surface area contributed by atoms with E-state index in [-0.39, 0.29) is 0 Å². The van der Waals surface area contributed by atoms with Crippen LogP contribution < -0.4 is 4.90 Å². The summed E-state index contributed by atoms with van der Waals surface area (Å²) in [5, 5.41) is 1.22. The van der Waals surface area contributed by atoms with Crippen LogP contribution in [0.1, 0.15) is 50.4 Å². The SMILES string of the molecule is CCc1nc(N2CCN(S(C)(=O)=O)CC2)c2c3c(sc2n1)C[C@@H](C(C)(C)C)CC3. The number of piperazine rings is 1. The Labute approximate surface area is 178 Å². The summed E-state index contributed by atoms with van der Waals surface area (Å²) >= 11 is 1.85. The van der Waals surface area contributed by atoms with E-state index in [9.17, 15) is 8.42 Å². The second-order valence-corrected chi connectivity index (χ2v) is 12.5. The lowest BCUT2D eigenvalue weighted by Gasteiger charge is -2.35. The molecule has 1 fully saturated rings. The van der Waals surface area contributed by atoms with Gasteiger partial charge in [0.05, 0.1) is 11.6 Å². The molecule has 0 unspecified atom stereocenters. The number of hydrogen-bond acceptors (Lipinski definition) is 6. The molecule has 2 aromatic rings. The van der Waals surface area contributed by atoms with Gasteiger partial charge in [0.15, 0.2) is 0 Å². The zero-order valence-electron chi connectivity index (χ0n) is 18.2. The van der Waals surface area contributed by atoms with E-state index in [1.54, 1.807) is 4.31 Å². The molecule has 0 saturated carbocycles. The minimum atomic E-state index is -3.13. The number of hydrogen-bond donors (Lipinski definition) is 0. The molecule has 0 amide bonds. The van der Waals surface area contributed by atoms with Crippen molar-refractivity contribution in [2.45, 2.75) is 53.4 Å². The van der Waals surface area contributed by atoms with Gasteiger partial charge < -0.3 is 4.90 Å². The van der Waals surface area contributed by atoms with Crippen LogP contribution >= 0.6 is 11.3 Å². The van der Waals surface area contributed by atoms with Crippen molar-refractivity contribution in [2.24, 2.45) is 11.3 Å². The fraction of sp³-hybridized carbons (Fsp3) is 0.714. The molecule has 1 saturated heterocycles. The van der Waals surface area contributed by atoms with E-state index in [0.29, 0.717) is 37.5 Å². The van der Waals surface area contributed by atoms with Crippen LogP contribution in [-0.4, -0.2) is 55.1 Å². The van der Waals surface area contributed by atoms with Crippen LogP contribution in [0.15, 0.2) is 0 Å². The van der Waals surface area contributed by atoms with Crippen LogP contribution in [0.5, 0.6) is 0 Å². The lowest BCUT2D eigenvalue weighted by Crippen LogP contribution is -2.48. The topological polar surface area (TPSA) is 66.4 Å². The summed E-state index contributed by atoms with van der Waals surface area (Å²) in [4.78, 5) is 14.7. The number of nitrogens with zero attached hydrogens (tertiary/aromatic N) is 4. The number of aromatic nitrogens is 2. The summed E-state index contributed by atoms with van der Waals surface area (Å²) in [6.07, 6.45) is 5.52. The Balaban J connectivity index is 1.72. The highest BCUT2D eigenvalue weighted by Gasteiger charge is 2.33. The Morgan fingerprint density at radius 1 is 1.14 bits per heavy atom. The molecule has 0 N–H and O–H groups in total. The van der Waals surface area contributed by atoms with E-state index in [1.807, 2.05) is 11.3 Å². The molecule has 3 heterocycles. The van der Waals surface area contributed by atoms with Gasteiger partial charge in [0.1, 0.15) is 16.5 Å². The monoisotopic (exact) mass is 436 g/mol. The van der Waals surface area contributed by atoms with E-state index in [1.165, 1.54) is 28.5 Å². The molecule has 29 heavy (non-hydrogen) atoms. The van der Waals surface area contributed by atoms with Gasteiger partial charge >= 0.3 is 0 Å². The molecule has 1 aliphatic heterocycles. The van der Waals surface area contributed by atoms with Crippen LogP contribution in [0.25, 0.3) is 10.2 Å². The van der Waals surface area contributed by atoms with Crippen LogP contribution in [-0.2, 0) is 29.3 Å². The number of fused-ring (bicyclic) bond motifs is 3. The predicted molar refractivity (Wildman–Crippen MR) is 120 cm³/mol. The maximum atomic E-state index is 11.9. The Hall–Kier alpha value is -1.25. The second-order valence-electron chi connectivity index (χ2n) is 9.46. The summed E-state index contributed by atoms with van der Waals surface area (Å²) < 4.78 is 25.3. The fourth-order valence-corrected chi connectivity index (χ4v) is 6.70. The van der Waals surface area contributed by atoms with Gasteiger partial charge in [0.2, 0.25) is 10.0 Å². The van der Waals surface area contributed by atoms with E-state index in [4.69, 9.17) is 9.97 Å². The molecule has 0 spiro atoms. The minimum absolute atomic E-state index is 0.318. The van der Waals surface area contributed by atoms with Gasteiger partial charge in [-0.2, -0.15) is 4.31 Å². The minimum Gasteiger partial charge on any atom is -0.353 e. The largest absolute Gasteiger partial charge is 0.353 e. The molecule has 1 atom stereocenters. The normalized spacial score (nSPS) is 21.6. The zero-order valence-corrected chi connectivity index (χ0v) is 19.8. The van der Waals surface area contributed by atoms with Gasteiger partial charge in [0, 0.05) is 37.5 Å². The lowest BCUT2D eigenvalue weighted by atomic mass is 9.72. The maximum absolute atomic E-state index is 11.9. The molecule has 0 bridgehead atoms. The Kier molecular flexibility index (Phi) is 5.40. The molecule has 1 aliphatic carbocycles. The third-order valence-corrected chi connectivity index (χ3v) is 8.94. The zero-order chi connectivity index (χ0) is 21.0. The summed E-state index contributed by atoms with van der Waals surface area (Å²) in [5.74, 6) is 2.60. The van der Waals surface area contributed by atoms with Crippen molar-refractivity contribution in [1.29, 1.82) is 0 Å². The van der Waals surface area contributed by atoms with E-state index < -0.39 is 10.0 Å². The van der Waals surface area contributed by atoms with Crippen molar-refractivity contribution in [3.05, 3.63) is 16.3 Å². The second kappa shape index (κ2) is 7.46. The van der Waals surface area contributed by atoms with Crippen LogP contribution in [0.2, 0.25) is 0 Å². The Morgan fingerprint density at radius 3 is 2.41 bits per heavy atom. The molecule has 0 aromatic carbocycles. The van der Waals surface area contributed by atoms with Gasteiger partial charge in [-0.3, -0.25) is 0 Å². The van der Waals surface area contributed by atoms with Crippen molar-refractivity contribution < 1.29 is 8.42 Å². The number of aryl methyl sites for hydroxylation is 2. The maximum Gasteiger partial charge on any atom is 0.211 e. The first-order valence-electron chi connectivity index (χ1n) is 10.6. The average Bonchev–Trinajstić information content (AvgIpc) is 3.03. The van der Waals surface area contributed by atoms with Crippen molar-refractivity contribution in [3.63, 3.8) is 0 Å². The average molecular weight is 437 g/mol. The van der Waals surface area contributed by atoms with Gasteiger partial charge in [-0.05, 0) is 36.2 Å². The van der Waals surface area contributed by atoms with E-state index in [0.717, 1.165) is 35.7 Å². The quantitative estimate of drug-likeness (QED) is 0.737. The summed E-state index contributed by atoms with van der Waals surface area (Å²) in [5.41, 5.74) is 1.76. The van der Waals surface area contributed by atoms with Gasteiger partial charge in [-0.1, -0.05) is 27.7 Å². The molecule has 4 rings (SSSR count). The smallest absolute Gasteiger partial charge is 0.211 e. The third-order valence-electron chi connectivity index (χ3n) is 6.48. The van der Waals surface area contributed by atoms with Crippen molar-refractivity contribution in [3.8, 4) is 0 Å². The van der Waals surface area contributed by atoms with Crippen molar-refractivity contribution in [1.82, 2.24) is 14.3 Å². The van der Waals surface area contributed by atoms with E-state index in [2.05, 4.69) is 32.6 Å². The highest BCUT2D eigenvalue weighted by molar-refractivity contribution is 7.88. The molecule has 2 aromatic heterocycles. The Morgan fingerprint density at radius 2 is 1.83 bits per heavy atom. The fourth-order valence-electron chi connectivity index (χ4n) is 4.56. The van der Waals surface area contributed by atoms with E-state index >= 15 is 0 Å². The molecular weight excluding hydrogens is 404 g/mol.